The van der Waals surface area contributed by atoms with Crippen molar-refractivity contribution >= 4 is 46.4 Å². The Balaban J connectivity index is 0.000000921. The van der Waals surface area contributed by atoms with Crippen molar-refractivity contribution in [1.29, 1.82) is 0 Å². The van der Waals surface area contributed by atoms with E-state index in [4.69, 9.17) is 46.4 Å². The van der Waals surface area contributed by atoms with Gasteiger partial charge in [0.15, 0.2) is 0 Å². The molecule has 0 bridgehead atoms. The van der Waals surface area contributed by atoms with E-state index in [1.807, 2.05) is 255 Å². The summed E-state index contributed by atoms with van der Waals surface area (Å²) in [4.78, 5) is 9.32. The summed E-state index contributed by atoms with van der Waals surface area (Å²) in [7, 11) is 0. The Kier molecular flexibility index (Phi) is 56.5. The number of halogens is 4. The van der Waals surface area contributed by atoms with Gasteiger partial charge in [0.25, 0.3) is 0 Å². The quantitative estimate of drug-likeness (QED) is 0.0583. The molecule has 0 saturated heterocycles. The van der Waals surface area contributed by atoms with Gasteiger partial charge >= 0.3 is 43.4 Å². The average Bonchev–Trinajstić information content (AvgIpc) is 0.816. The third-order valence-electron chi connectivity index (χ3n) is 18.8. The molecule has 128 heavy (non-hydrogen) atoms. The van der Waals surface area contributed by atoms with Crippen molar-refractivity contribution < 1.29 is 84.3 Å². The zero-order chi connectivity index (χ0) is 94.7. The normalized spacial score (nSPS) is 11.1. The minimum atomic E-state index is -0.417. The fraction of sp³-hybridized carbons (Fsp3) is 0.400. The monoisotopic (exact) mass is 1880 g/mol. The van der Waals surface area contributed by atoms with Crippen molar-refractivity contribution in [1.82, 2.24) is 19.6 Å². The zero-order valence-electron chi connectivity index (χ0n) is 80.6. The van der Waals surface area contributed by atoms with E-state index in [1.165, 1.54) is 0 Å². The summed E-state index contributed by atoms with van der Waals surface area (Å²) < 4.78 is 0. The van der Waals surface area contributed by atoms with Crippen molar-refractivity contribution in [2.75, 3.05) is 26.2 Å². The van der Waals surface area contributed by atoms with Crippen molar-refractivity contribution in [3.63, 3.8) is 0 Å². The first-order valence-electron chi connectivity index (χ1n) is 43.7. The maximum Gasteiger partial charge on any atom is 4.00 e. The fourth-order valence-corrected chi connectivity index (χ4v) is 13.5. The second-order valence-electron chi connectivity index (χ2n) is 37.2. The molecule has 686 valence electrons. The van der Waals surface area contributed by atoms with E-state index in [9.17, 15) is 40.9 Å². The molecule has 0 aromatic heterocycles. The van der Waals surface area contributed by atoms with Crippen LogP contribution in [-0.4, -0.2) is 70.2 Å². The number of rotatable bonds is 22. The summed E-state index contributed by atoms with van der Waals surface area (Å²) in [6.07, 6.45) is -1.67. The molecule has 0 aliphatic rings. The van der Waals surface area contributed by atoms with Gasteiger partial charge in [-0.2, -0.15) is 0 Å². The van der Waals surface area contributed by atoms with Gasteiger partial charge in [0.05, 0.1) is 0 Å². The van der Waals surface area contributed by atoms with Crippen LogP contribution in [-0.2, 0) is 117 Å². The van der Waals surface area contributed by atoms with Gasteiger partial charge in [-0.1, -0.05) is 413 Å². The summed E-state index contributed by atoms with van der Waals surface area (Å²) in [6, 6.07) is 83.8. The molecule has 18 heteroatoms. The van der Waals surface area contributed by atoms with Crippen LogP contribution < -0.4 is 40.9 Å². The molecule has 0 unspecified atom stereocenters. The predicted molar refractivity (Wildman–Crippen MR) is 519 cm³/mol. The maximum atomic E-state index is 13.7. The van der Waals surface area contributed by atoms with Gasteiger partial charge in [-0.05, 0) is 165 Å². The van der Waals surface area contributed by atoms with E-state index in [-0.39, 0.29) is 88.1 Å². The Bertz CT molecular complexity index is 4130. The summed E-state index contributed by atoms with van der Waals surface area (Å²) in [6.45, 7) is 53.7. The molecule has 0 atom stereocenters. The smallest absolute Gasteiger partial charge is 0.872 e. The molecule has 0 fully saturated rings. The van der Waals surface area contributed by atoms with Crippen LogP contribution in [0.25, 0.3) is 0 Å². The van der Waals surface area contributed by atoms with E-state index >= 15 is 0 Å². The molecule has 0 amide bonds. The molecule has 0 aliphatic carbocycles. The van der Waals surface area contributed by atoms with Crippen molar-refractivity contribution in [2.45, 2.75) is 265 Å². The van der Waals surface area contributed by atoms with Crippen LogP contribution in [0.2, 0.25) is 20.1 Å². The zero-order valence-corrected chi connectivity index (χ0v) is 86.8. The van der Waals surface area contributed by atoms with Gasteiger partial charge in [0.2, 0.25) is 0 Å². The number of aryl methyl sites for hydroxylation is 4. The van der Waals surface area contributed by atoms with Gasteiger partial charge < -0.3 is 40.9 Å². The largest absolute Gasteiger partial charge is 4.00 e. The number of hydrogen-bond acceptors (Lipinski definition) is 12. The molecular formula is C110H142Cl4N4O8Ti2. The van der Waals surface area contributed by atoms with Gasteiger partial charge in [-0.15, -0.1) is 47.4 Å². The molecule has 11 aromatic carbocycles. The molecule has 0 N–H and O–H groups in total. The summed E-state index contributed by atoms with van der Waals surface area (Å²) in [5.41, 5.74) is 14.5. The number of hydrogen-bond donors (Lipinski definition) is 0. The molecule has 12 nitrogen and oxygen atoms in total. The van der Waals surface area contributed by atoms with E-state index in [1.54, 1.807) is 55.4 Å². The minimum absolute atomic E-state index is 0. The van der Waals surface area contributed by atoms with Gasteiger partial charge in [0, 0.05) is 98.6 Å². The number of nitrogens with zero attached hydrogens (tertiary/aromatic N) is 4. The Morgan fingerprint density at radius 3 is 0.477 bits per heavy atom. The maximum absolute atomic E-state index is 13.7. The standard InChI is InChI=1S/2C40H50Cl2N2O2.3C6H6.4C3H7O.2Ti/c2*1-27-19-31(37(45)35(21-27)39(3,4)5)25-43(23-29-9-13-33(41)14-10-29)17-18-44(24-30-11-15-34(42)16-12-30)26-32-20-28(2)22-36(38(32)46)40(6,7)8;3*1-2-4-6-5-3-1;4*1-3(2)4;;/h2*9-16,19-22,45-46H,17-18,23-26H2,1-8H3;3*1-6H;4*3H,1-2H3;;/q;;;;;4*-1;2*+4/p-4. The minimum Gasteiger partial charge on any atom is -0.872 e. The first kappa shape index (κ1) is 119. The molecule has 0 spiro atoms. The van der Waals surface area contributed by atoms with Gasteiger partial charge in [-0.25, -0.2) is 0 Å². The van der Waals surface area contributed by atoms with Gasteiger partial charge in [0.1, 0.15) is 0 Å². The van der Waals surface area contributed by atoms with Gasteiger partial charge in [-0.3, -0.25) is 19.6 Å². The Morgan fingerprint density at radius 2 is 0.359 bits per heavy atom. The SMILES string of the molecule is CC(C)[O-].CC(C)[O-].CC(C)[O-].CC(C)[O-].Cc1cc(CN(CCN(Cc2ccc(Cl)cc2)Cc2cc(C)cc(C(C)(C)C)c2[O-])Cc2ccc(Cl)cc2)c([O-])c(C(C)(C)C)c1.Cc1cc(CN(CCN(Cc2ccc(Cl)cc2)Cc2cc(C)cc(C(C)(C)C)c2[O-])Cc2ccc(Cl)cc2)c([O-])c(C(C)(C)C)c1.[Ti+4].[Ti+4].c1ccccc1.c1ccccc1.c1ccccc1. The van der Waals surface area contributed by atoms with E-state index in [0.29, 0.717) is 98.6 Å². The first-order valence-corrected chi connectivity index (χ1v) is 45.2. The van der Waals surface area contributed by atoms with Crippen molar-refractivity contribution in [3.8, 4) is 23.0 Å². The van der Waals surface area contributed by atoms with Crippen LogP contribution in [0.15, 0.2) is 255 Å². The van der Waals surface area contributed by atoms with Crippen molar-refractivity contribution in [3.05, 3.63) is 364 Å². The second-order valence-corrected chi connectivity index (χ2v) is 39.0. The van der Waals surface area contributed by atoms with Crippen LogP contribution in [0.1, 0.15) is 227 Å². The molecule has 0 saturated carbocycles. The molecule has 0 radical (unpaired) electrons. The molecular weight excluding hydrogens is 1740 g/mol. The van der Waals surface area contributed by atoms with Crippen LogP contribution in [0, 0.1) is 27.7 Å². The van der Waals surface area contributed by atoms with E-state index in [0.717, 1.165) is 89.0 Å². The third kappa shape index (κ3) is 50.5. The Hall–Kier alpha value is -7.11. The topological polar surface area (TPSA) is 197 Å². The predicted octanol–water partition coefficient (Wildman–Crippen LogP) is 22.2. The molecule has 0 aliphatic heterocycles. The fourth-order valence-electron chi connectivity index (χ4n) is 13.0. The van der Waals surface area contributed by atoms with E-state index in [2.05, 4.69) is 130 Å². The van der Waals surface area contributed by atoms with Crippen molar-refractivity contribution in [2.24, 2.45) is 0 Å². The summed E-state index contributed by atoms with van der Waals surface area (Å²) in [5.74, 6) is 0.454. The number of benzene rings is 11. The second kappa shape index (κ2) is 60.8. The average molecular weight is 1890 g/mol. The first-order chi connectivity index (χ1) is 58.9. The van der Waals surface area contributed by atoms with E-state index < -0.39 is 24.4 Å². The summed E-state index contributed by atoms with van der Waals surface area (Å²) in [5, 5.41) is 95.8. The Labute approximate surface area is 821 Å². The van der Waals surface area contributed by atoms with Crippen LogP contribution in [0.3, 0.4) is 0 Å². The molecule has 0 heterocycles. The van der Waals surface area contributed by atoms with Crippen LogP contribution in [0.4, 0.5) is 0 Å². The Morgan fingerprint density at radius 1 is 0.234 bits per heavy atom. The van der Waals surface area contributed by atoms with Crippen LogP contribution >= 0.6 is 46.4 Å². The molecule has 11 aromatic rings. The van der Waals surface area contributed by atoms with Crippen LogP contribution in [0.5, 0.6) is 23.0 Å². The summed E-state index contributed by atoms with van der Waals surface area (Å²) >= 11 is 24.8. The third-order valence-corrected chi connectivity index (χ3v) is 19.8. The molecule has 11 rings (SSSR count).